The summed E-state index contributed by atoms with van der Waals surface area (Å²) in [4.78, 5) is 44.7. The summed E-state index contributed by atoms with van der Waals surface area (Å²) in [6, 6.07) is 24.6. The van der Waals surface area contributed by atoms with E-state index in [0.29, 0.717) is 43.7 Å². The molecule has 1 aliphatic heterocycles. The van der Waals surface area contributed by atoms with Crippen molar-refractivity contribution in [3.8, 4) is 5.75 Å². The number of carbonyl (C=O) groups excluding carboxylic acids is 3. The molecule has 1 aliphatic carbocycles. The molecule has 7 nitrogen and oxygen atoms in total. The van der Waals surface area contributed by atoms with Gasteiger partial charge in [-0.05, 0) is 74.4 Å². The Morgan fingerprint density at radius 1 is 0.884 bits per heavy atom. The highest BCUT2D eigenvalue weighted by Crippen LogP contribution is 2.28. The minimum absolute atomic E-state index is 0.0254. The smallest absolute Gasteiger partial charge is 0.254 e. The van der Waals surface area contributed by atoms with Crippen molar-refractivity contribution < 1.29 is 19.1 Å². The number of rotatable bonds is 10. The van der Waals surface area contributed by atoms with E-state index in [-0.39, 0.29) is 29.8 Å². The molecule has 7 heteroatoms. The summed E-state index contributed by atoms with van der Waals surface area (Å²) in [6.45, 7) is 3.11. The van der Waals surface area contributed by atoms with Crippen LogP contribution in [-0.4, -0.2) is 59.3 Å². The fraction of sp³-hybridized carbons (Fsp3) is 0.417. The van der Waals surface area contributed by atoms with Gasteiger partial charge in [0.15, 0.2) is 0 Å². The molecule has 1 saturated carbocycles. The molecule has 43 heavy (non-hydrogen) atoms. The van der Waals surface area contributed by atoms with Gasteiger partial charge in [0.05, 0.1) is 13.2 Å². The summed E-state index contributed by atoms with van der Waals surface area (Å²) in [5, 5.41) is 3.33. The van der Waals surface area contributed by atoms with E-state index in [1.165, 1.54) is 0 Å². The van der Waals surface area contributed by atoms with E-state index < -0.39 is 6.04 Å². The molecule has 3 aromatic rings. The van der Waals surface area contributed by atoms with Crippen molar-refractivity contribution >= 4 is 17.7 Å². The molecule has 1 saturated heterocycles. The molecule has 1 heterocycles. The quantitative estimate of drug-likeness (QED) is 0.333. The molecule has 3 aromatic carbocycles. The van der Waals surface area contributed by atoms with Gasteiger partial charge in [0.1, 0.15) is 11.8 Å². The Morgan fingerprint density at radius 2 is 1.63 bits per heavy atom. The maximum atomic E-state index is 14.1. The minimum atomic E-state index is -0.464. The Kier molecular flexibility index (Phi) is 10.1. The predicted octanol–water partition coefficient (Wildman–Crippen LogP) is 5.70. The fourth-order valence-corrected chi connectivity index (χ4v) is 6.56. The van der Waals surface area contributed by atoms with Crippen molar-refractivity contribution in [3.05, 3.63) is 101 Å². The zero-order valence-corrected chi connectivity index (χ0v) is 25.3. The van der Waals surface area contributed by atoms with Gasteiger partial charge in [-0.15, -0.1) is 0 Å². The number of aryl methyl sites for hydroxylation is 2. The summed E-state index contributed by atoms with van der Waals surface area (Å²) in [5.74, 6) is 0.560. The van der Waals surface area contributed by atoms with E-state index in [4.69, 9.17) is 4.74 Å². The first-order chi connectivity index (χ1) is 20.9. The Morgan fingerprint density at radius 3 is 2.37 bits per heavy atom. The first-order valence-corrected chi connectivity index (χ1v) is 15.6. The van der Waals surface area contributed by atoms with Crippen LogP contribution in [0.15, 0.2) is 78.9 Å². The molecule has 0 bridgehead atoms. The number of likely N-dealkylation sites (tertiary alicyclic amines) is 1. The van der Waals surface area contributed by atoms with Crippen molar-refractivity contribution in [2.75, 3.05) is 13.7 Å². The van der Waals surface area contributed by atoms with Crippen LogP contribution in [-0.2, 0) is 22.6 Å². The highest BCUT2D eigenvalue weighted by Gasteiger charge is 2.39. The standard InChI is InChI=1S/C36H43N3O4/c1-26-10-8-13-28(24-26)25-39(36(42)29-18-20-30(43-2)21-19-29)32-15-7-6-14-31(32)37-35(41)33-16-9-23-38(33)34(40)22-17-27-11-4-3-5-12-27/h3-5,8,10-13,18-21,24,31-33H,6-7,9,14-17,22-23,25H2,1-2H3,(H,37,41)/t31?,32-,33-/m1/s1. The lowest BCUT2D eigenvalue weighted by Crippen LogP contribution is -2.57. The van der Waals surface area contributed by atoms with E-state index in [1.807, 2.05) is 53.4 Å². The number of ether oxygens (including phenoxy) is 1. The average Bonchev–Trinajstić information content (AvgIpc) is 3.54. The normalized spacial score (nSPS) is 20.0. The number of hydrogen-bond donors (Lipinski definition) is 1. The van der Waals surface area contributed by atoms with Crippen LogP contribution in [0.1, 0.15) is 72.0 Å². The number of carbonyl (C=O) groups is 3. The van der Waals surface area contributed by atoms with Crippen molar-refractivity contribution in [3.63, 3.8) is 0 Å². The number of nitrogens with zero attached hydrogens (tertiary/aromatic N) is 2. The van der Waals surface area contributed by atoms with Crippen molar-refractivity contribution in [2.45, 2.75) is 83.0 Å². The number of amides is 3. The lowest BCUT2D eigenvalue weighted by molar-refractivity contribution is -0.139. The van der Waals surface area contributed by atoms with Gasteiger partial charge in [-0.3, -0.25) is 14.4 Å². The topological polar surface area (TPSA) is 79.0 Å². The SMILES string of the molecule is COc1ccc(C(=O)N(Cc2cccc(C)c2)[C@@H]2CCCCC2NC(=O)[C@H]2CCCN2C(=O)CCc2ccccc2)cc1. The molecular formula is C36H43N3O4. The molecule has 0 aromatic heterocycles. The largest absolute Gasteiger partial charge is 0.497 e. The van der Waals surface area contributed by atoms with E-state index in [1.54, 1.807) is 24.1 Å². The first kappa shape index (κ1) is 30.3. The molecular weight excluding hydrogens is 538 g/mol. The van der Waals surface area contributed by atoms with Crippen LogP contribution in [0.25, 0.3) is 0 Å². The summed E-state index contributed by atoms with van der Waals surface area (Å²) >= 11 is 0. The fourth-order valence-electron chi connectivity index (χ4n) is 6.56. The zero-order chi connectivity index (χ0) is 30.2. The van der Waals surface area contributed by atoms with Crippen LogP contribution >= 0.6 is 0 Å². The maximum absolute atomic E-state index is 14.1. The lowest BCUT2D eigenvalue weighted by atomic mass is 9.88. The monoisotopic (exact) mass is 581 g/mol. The Hall–Kier alpha value is -4.13. The van der Waals surface area contributed by atoms with Crippen molar-refractivity contribution in [2.24, 2.45) is 0 Å². The van der Waals surface area contributed by atoms with Crippen LogP contribution < -0.4 is 10.1 Å². The van der Waals surface area contributed by atoms with Gasteiger partial charge < -0.3 is 19.9 Å². The van der Waals surface area contributed by atoms with Crippen LogP contribution in [0.5, 0.6) is 5.75 Å². The van der Waals surface area contributed by atoms with E-state index >= 15 is 0 Å². The van der Waals surface area contributed by atoms with Gasteiger partial charge in [0.25, 0.3) is 5.91 Å². The van der Waals surface area contributed by atoms with Gasteiger partial charge >= 0.3 is 0 Å². The maximum Gasteiger partial charge on any atom is 0.254 e. The van der Waals surface area contributed by atoms with E-state index in [0.717, 1.165) is 48.8 Å². The molecule has 5 rings (SSSR count). The van der Waals surface area contributed by atoms with Gasteiger partial charge in [0.2, 0.25) is 11.8 Å². The third-order valence-electron chi connectivity index (χ3n) is 8.84. The van der Waals surface area contributed by atoms with Gasteiger partial charge in [-0.25, -0.2) is 0 Å². The molecule has 2 fully saturated rings. The van der Waals surface area contributed by atoms with Gasteiger partial charge in [-0.1, -0.05) is 73.0 Å². The number of benzene rings is 3. The van der Waals surface area contributed by atoms with Crippen LogP contribution in [0.3, 0.4) is 0 Å². The molecule has 226 valence electrons. The molecule has 0 radical (unpaired) electrons. The van der Waals surface area contributed by atoms with Crippen LogP contribution in [0.4, 0.5) is 0 Å². The third-order valence-corrected chi connectivity index (χ3v) is 8.84. The molecule has 3 amide bonds. The number of methoxy groups -OCH3 is 1. The highest BCUT2D eigenvalue weighted by molar-refractivity contribution is 5.95. The zero-order valence-electron chi connectivity index (χ0n) is 25.3. The molecule has 1 N–H and O–H groups in total. The Labute approximate surface area is 255 Å². The first-order valence-electron chi connectivity index (χ1n) is 15.6. The summed E-state index contributed by atoms with van der Waals surface area (Å²) in [6.07, 6.45) is 6.12. The molecule has 1 unspecified atom stereocenters. The summed E-state index contributed by atoms with van der Waals surface area (Å²) in [5.41, 5.74) is 3.91. The number of nitrogens with one attached hydrogen (secondary N) is 1. The van der Waals surface area contributed by atoms with Gasteiger partial charge in [-0.2, -0.15) is 0 Å². The second-order valence-corrected chi connectivity index (χ2v) is 11.8. The Bertz CT molecular complexity index is 1390. The summed E-state index contributed by atoms with van der Waals surface area (Å²) in [7, 11) is 1.61. The number of hydrogen-bond acceptors (Lipinski definition) is 4. The van der Waals surface area contributed by atoms with Crippen molar-refractivity contribution in [1.29, 1.82) is 0 Å². The van der Waals surface area contributed by atoms with Crippen LogP contribution in [0, 0.1) is 6.92 Å². The second kappa shape index (κ2) is 14.4. The third kappa shape index (κ3) is 7.64. The van der Waals surface area contributed by atoms with Crippen LogP contribution in [0.2, 0.25) is 0 Å². The van der Waals surface area contributed by atoms with E-state index in [2.05, 4.69) is 30.4 Å². The minimum Gasteiger partial charge on any atom is -0.497 e. The van der Waals surface area contributed by atoms with E-state index in [9.17, 15) is 14.4 Å². The lowest BCUT2D eigenvalue weighted by Gasteiger charge is -2.41. The molecule has 2 aliphatic rings. The Balaban J connectivity index is 1.32. The predicted molar refractivity (Wildman–Crippen MR) is 168 cm³/mol. The van der Waals surface area contributed by atoms with Crippen molar-refractivity contribution in [1.82, 2.24) is 15.1 Å². The molecule has 3 atom stereocenters. The highest BCUT2D eigenvalue weighted by atomic mass is 16.5. The van der Waals surface area contributed by atoms with Gasteiger partial charge in [0, 0.05) is 31.1 Å². The second-order valence-electron chi connectivity index (χ2n) is 11.8. The summed E-state index contributed by atoms with van der Waals surface area (Å²) < 4.78 is 5.31. The average molecular weight is 582 g/mol. The molecule has 0 spiro atoms.